The van der Waals surface area contributed by atoms with E-state index in [0.29, 0.717) is 17.5 Å². The van der Waals surface area contributed by atoms with Crippen molar-refractivity contribution in [2.75, 3.05) is 0 Å². The number of aromatic nitrogens is 3. The molecule has 2 heterocycles. The van der Waals surface area contributed by atoms with E-state index in [4.69, 9.17) is 0 Å². The van der Waals surface area contributed by atoms with Crippen molar-refractivity contribution in [3.05, 3.63) is 113 Å². The Kier molecular flexibility index (Phi) is 6.67. The number of hydrogen-bond acceptors (Lipinski definition) is 4. The van der Waals surface area contributed by atoms with Crippen molar-refractivity contribution in [2.45, 2.75) is 26.1 Å². The van der Waals surface area contributed by atoms with E-state index in [0.717, 1.165) is 40.2 Å². The standard InChI is InChI=1S/C26H21F3N4O/c1-17-4-7-19(25(34)32-15-18-5-8-21(9-6-18)26(27,28)29)13-20(17)14-24-22(3-2-11-31-24)23-10-12-30-16-33-23/h2-13,16H,14-15H2,1H3,(H,32,34). The molecule has 4 rings (SSSR count). The van der Waals surface area contributed by atoms with Crippen LogP contribution in [0.4, 0.5) is 13.2 Å². The molecule has 0 atom stereocenters. The van der Waals surface area contributed by atoms with Crippen LogP contribution in [-0.2, 0) is 19.1 Å². The molecule has 5 nitrogen and oxygen atoms in total. The first-order valence-electron chi connectivity index (χ1n) is 10.6. The molecule has 0 aliphatic carbocycles. The van der Waals surface area contributed by atoms with Gasteiger partial charge in [0.15, 0.2) is 0 Å². The van der Waals surface area contributed by atoms with Gasteiger partial charge in [-0.25, -0.2) is 9.97 Å². The normalized spacial score (nSPS) is 11.3. The van der Waals surface area contributed by atoms with Crippen LogP contribution in [0, 0.1) is 6.92 Å². The Labute approximate surface area is 194 Å². The Morgan fingerprint density at radius 2 is 1.76 bits per heavy atom. The molecule has 2 aromatic heterocycles. The second kappa shape index (κ2) is 9.82. The van der Waals surface area contributed by atoms with Crippen LogP contribution in [-0.4, -0.2) is 20.9 Å². The summed E-state index contributed by atoms with van der Waals surface area (Å²) in [5.41, 5.74) is 4.76. The highest BCUT2D eigenvalue weighted by molar-refractivity contribution is 5.94. The molecule has 172 valence electrons. The van der Waals surface area contributed by atoms with E-state index in [1.54, 1.807) is 18.5 Å². The predicted octanol–water partition coefficient (Wildman–Crippen LogP) is 5.39. The van der Waals surface area contributed by atoms with Crippen molar-refractivity contribution in [2.24, 2.45) is 0 Å². The Bertz CT molecular complexity index is 1290. The Balaban J connectivity index is 1.49. The van der Waals surface area contributed by atoms with Crippen LogP contribution in [0.15, 0.2) is 79.4 Å². The molecule has 0 bridgehead atoms. The molecule has 34 heavy (non-hydrogen) atoms. The molecule has 0 radical (unpaired) electrons. The number of amides is 1. The average Bonchev–Trinajstić information content (AvgIpc) is 2.84. The molecule has 0 unspecified atom stereocenters. The molecule has 0 saturated carbocycles. The predicted molar refractivity (Wildman–Crippen MR) is 122 cm³/mol. The van der Waals surface area contributed by atoms with Gasteiger partial charge in [0.1, 0.15) is 6.33 Å². The first-order chi connectivity index (χ1) is 16.3. The van der Waals surface area contributed by atoms with Crippen molar-refractivity contribution in [1.82, 2.24) is 20.3 Å². The molecule has 0 spiro atoms. The van der Waals surface area contributed by atoms with Gasteiger partial charge >= 0.3 is 6.18 Å². The summed E-state index contributed by atoms with van der Waals surface area (Å²) in [5.74, 6) is -0.307. The number of carbonyl (C=O) groups is 1. The number of alkyl halides is 3. The van der Waals surface area contributed by atoms with Crippen LogP contribution in [0.25, 0.3) is 11.3 Å². The molecule has 0 aliphatic heterocycles. The second-order valence-corrected chi connectivity index (χ2v) is 7.79. The fourth-order valence-electron chi connectivity index (χ4n) is 3.54. The quantitative estimate of drug-likeness (QED) is 0.417. The third-order valence-corrected chi connectivity index (χ3v) is 5.45. The summed E-state index contributed by atoms with van der Waals surface area (Å²) in [6.07, 6.45) is 0.994. The fourth-order valence-corrected chi connectivity index (χ4v) is 3.54. The van der Waals surface area contributed by atoms with E-state index in [1.807, 2.05) is 37.3 Å². The van der Waals surface area contributed by atoms with Gasteiger partial charge in [-0.3, -0.25) is 9.78 Å². The van der Waals surface area contributed by atoms with Crippen LogP contribution < -0.4 is 5.32 Å². The lowest BCUT2D eigenvalue weighted by Crippen LogP contribution is -2.23. The summed E-state index contributed by atoms with van der Waals surface area (Å²) in [6, 6.07) is 15.8. The van der Waals surface area contributed by atoms with Crippen LogP contribution in [0.5, 0.6) is 0 Å². The van der Waals surface area contributed by atoms with Gasteiger partial charge < -0.3 is 5.32 Å². The van der Waals surface area contributed by atoms with Crippen LogP contribution >= 0.6 is 0 Å². The van der Waals surface area contributed by atoms with Gasteiger partial charge in [-0.05, 0) is 66.1 Å². The highest BCUT2D eigenvalue weighted by atomic mass is 19.4. The van der Waals surface area contributed by atoms with Crippen LogP contribution in [0.3, 0.4) is 0 Å². The number of halogens is 3. The lowest BCUT2D eigenvalue weighted by molar-refractivity contribution is -0.137. The van der Waals surface area contributed by atoms with Crippen LogP contribution in [0.2, 0.25) is 0 Å². The van der Waals surface area contributed by atoms with Gasteiger partial charge in [0.05, 0.1) is 17.0 Å². The number of hydrogen-bond donors (Lipinski definition) is 1. The highest BCUT2D eigenvalue weighted by Crippen LogP contribution is 2.29. The summed E-state index contributed by atoms with van der Waals surface area (Å²) >= 11 is 0. The largest absolute Gasteiger partial charge is 0.416 e. The summed E-state index contributed by atoms with van der Waals surface area (Å²) in [5, 5.41) is 2.77. The highest BCUT2D eigenvalue weighted by Gasteiger charge is 2.29. The van der Waals surface area contributed by atoms with E-state index in [-0.39, 0.29) is 12.5 Å². The number of benzene rings is 2. The van der Waals surface area contributed by atoms with E-state index < -0.39 is 11.7 Å². The second-order valence-electron chi connectivity index (χ2n) is 7.79. The number of pyridine rings is 1. The number of nitrogens with one attached hydrogen (secondary N) is 1. The maximum Gasteiger partial charge on any atom is 0.416 e. The summed E-state index contributed by atoms with van der Waals surface area (Å²) in [4.78, 5) is 25.5. The molecule has 1 N–H and O–H groups in total. The lowest BCUT2D eigenvalue weighted by Gasteiger charge is -2.12. The smallest absolute Gasteiger partial charge is 0.348 e. The molecule has 8 heteroatoms. The summed E-state index contributed by atoms with van der Waals surface area (Å²) in [7, 11) is 0. The Morgan fingerprint density at radius 1 is 0.971 bits per heavy atom. The van der Waals surface area contributed by atoms with Crippen LogP contribution in [0.1, 0.15) is 38.3 Å². The van der Waals surface area contributed by atoms with Crippen molar-refractivity contribution in [1.29, 1.82) is 0 Å². The number of rotatable bonds is 6. The Hall–Kier alpha value is -4.07. The monoisotopic (exact) mass is 462 g/mol. The third-order valence-electron chi connectivity index (χ3n) is 5.45. The van der Waals surface area contributed by atoms with Crippen molar-refractivity contribution in [3.63, 3.8) is 0 Å². The lowest BCUT2D eigenvalue weighted by atomic mass is 9.97. The number of nitrogens with zero attached hydrogens (tertiary/aromatic N) is 3. The maximum atomic E-state index is 12.7. The van der Waals surface area contributed by atoms with Gasteiger partial charge in [0.2, 0.25) is 0 Å². The zero-order valence-corrected chi connectivity index (χ0v) is 18.3. The first kappa shape index (κ1) is 23.1. The van der Waals surface area contributed by atoms with Crippen molar-refractivity contribution >= 4 is 5.91 Å². The van der Waals surface area contributed by atoms with E-state index in [2.05, 4.69) is 20.3 Å². The van der Waals surface area contributed by atoms with Gasteiger partial charge in [-0.15, -0.1) is 0 Å². The third kappa shape index (κ3) is 5.46. The first-order valence-corrected chi connectivity index (χ1v) is 10.6. The maximum absolute atomic E-state index is 12.7. The molecule has 2 aromatic carbocycles. The van der Waals surface area contributed by atoms with Crippen molar-refractivity contribution < 1.29 is 18.0 Å². The minimum absolute atomic E-state index is 0.123. The number of aryl methyl sites for hydroxylation is 1. The SMILES string of the molecule is Cc1ccc(C(=O)NCc2ccc(C(F)(F)F)cc2)cc1Cc1ncccc1-c1ccncn1. The fraction of sp³-hybridized carbons (Fsp3) is 0.154. The molecule has 0 fully saturated rings. The molecule has 0 aliphatic rings. The molecular weight excluding hydrogens is 441 g/mol. The van der Waals surface area contributed by atoms with E-state index in [9.17, 15) is 18.0 Å². The summed E-state index contributed by atoms with van der Waals surface area (Å²) < 4.78 is 38.2. The van der Waals surface area contributed by atoms with Gasteiger partial charge in [-0.2, -0.15) is 13.2 Å². The topological polar surface area (TPSA) is 67.8 Å². The zero-order chi connectivity index (χ0) is 24.1. The molecular formula is C26H21F3N4O. The number of carbonyl (C=O) groups excluding carboxylic acids is 1. The molecule has 4 aromatic rings. The van der Waals surface area contributed by atoms with Crippen molar-refractivity contribution in [3.8, 4) is 11.3 Å². The Morgan fingerprint density at radius 3 is 2.47 bits per heavy atom. The molecule has 1 amide bonds. The minimum Gasteiger partial charge on any atom is -0.348 e. The average molecular weight is 462 g/mol. The van der Waals surface area contributed by atoms with E-state index in [1.165, 1.54) is 18.5 Å². The van der Waals surface area contributed by atoms with Gasteiger partial charge in [0, 0.05) is 36.5 Å². The summed E-state index contributed by atoms with van der Waals surface area (Å²) in [6.45, 7) is 2.09. The van der Waals surface area contributed by atoms with E-state index >= 15 is 0 Å². The van der Waals surface area contributed by atoms with Gasteiger partial charge in [-0.1, -0.05) is 18.2 Å². The minimum atomic E-state index is -4.39. The molecule has 0 saturated heterocycles. The zero-order valence-electron chi connectivity index (χ0n) is 18.3. The van der Waals surface area contributed by atoms with Gasteiger partial charge in [0.25, 0.3) is 5.91 Å².